The molecule has 29 heavy (non-hydrogen) atoms. The SMILES string of the molecule is COc1ccc(CN2CCC(Cc3cc(C)nc4c(F)cccc34)CC2)c(F)c1. The fourth-order valence-electron chi connectivity index (χ4n) is 4.28. The molecule has 1 aliphatic heterocycles. The number of nitrogens with zero attached hydrogens (tertiary/aromatic N) is 2. The zero-order chi connectivity index (χ0) is 20.4. The fraction of sp³-hybridized carbons (Fsp3) is 0.375. The highest BCUT2D eigenvalue weighted by Gasteiger charge is 2.21. The smallest absolute Gasteiger partial charge is 0.149 e. The third-order valence-corrected chi connectivity index (χ3v) is 5.87. The van der Waals surface area contributed by atoms with E-state index in [-0.39, 0.29) is 11.6 Å². The Morgan fingerprint density at radius 2 is 1.83 bits per heavy atom. The number of ether oxygens (including phenoxy) is 1. The van der Waals surface area contributed by atoms with E-state index in [0.29, 0.717) is 29.3 Å². The molecule has 2 heterocycles. The van der Waals surface area contributed by atoms with Gasteiger partial charge in [0.2, 0.25) is 0 Å². The van der Waals surface area contributed by atoms with Crippen molar-refractivity contribution in [2.45, 2.75) is 32.7 Å². The van der Waals surface area contributed by atoms with Crippen molar-refractivity contribution in [2.24, 2.45) is 5.92 Å². The summed E-state index contributed by atoms with van der Waals surface area (Å²) in [6, 6.07) is 12.3. The first-order valence-electron chi connectivity index (χ1n) is 10.1. The maximum atomic E-state index is 14.2. The van der Waals surface area contributed by atoms with Crippen LogP contribution in [-0.2, 0) is 13.0 Å². The number of methoxy groups -OCH3 is 1. The van der Waals surface area contributed by atoms with Gasteiger partial charge in [-0.25, -0.2) is 8.78 Å². The largest absolute Gasteiger partial charge is 0.497 e. The van der Waals surface area contributed by atoms with E-state index in [1.54, 1.807) is 25.3 Å². The highest BCUT2D eigenvalue weighted by atomic mass is 19.1. The van der Waals surface area contributed by atoms with Gasteiger partial charge in [-0.05, 0) is 69.0 Å². The van der Waals surface area contributed by atoms with Crippen molar-refractivity contribution in [3.63, 3.8) is 0 Å². The standard InChI is InChI=1S/C24H26F2N2O/c1-16-12-19(21-4-3-5-22(25)24(21)27-16)13-17-8-10-28(11-9-17)15-18-6-7-20(29-2)14-23(18)26/h3-7,12,14,17H,8-11,13,15H2,1-2H3. The van der Waals surface area contributed by atoms with E-state index in [1.165, 1.54) is 17.7 Å². The van der Waals surface area contributed by atoms with E-state index >= 15 is 0 Å². The minimum atomic E-state index is -0.260. The number of hydrogen-bond donors (Lipinski definition) is 0. The summed E-state index contributed by atoms with van der Waals surface area (Å²) >= 11 is 0. The predicted molar refractivity (Wildman–Crippen MR) is 111 cm³/mol. The average Bonchev–Trinajstić information content (AvgIpc) is 2.71. The number of piperidine rings is 1. The van der Waals surface area contributed by atoms with Gasteiger partial charge in [-0.1, -0.05) is 18.2 Å². The van der Waals surface area contributed by atoms with E-state index in [1.807, 2.05) is 13.0 Å². The highest BCUT2D eigenvalue weighted by molar-refractivity contribution is 5.83. The Balaban J connectivity index is 1.41. The molecule has 0 saturated carbocycles. The van der Waals surface area contributed by atoms with Gasteiger partial charge in [0, 0.05) is 29.3 Å². The quantitative estimate of drug-likeness (QED) is 0.586. The van der Waals surface area contributed by atoms with Crippen molar-refractivity contribution in [1.82, 2.24) is 9.88 Å². The Morgan fingerprint density at radius 1 is 1.03 bits per heavy atom. The number of likely N-dealkylation sites (tertiary alicyclic amines) is 1. The maximum Gasteiger partial charge on any atom is 0.149 e. The van der Waals surface area contributed by atoms with Crippen LogP contribution in [0, 0.1) is 24.5 Å². The summed E-state index contributed by atoms with van der Waals surface area (Å²) in [5, 5.41) is 0.915. The summed E-state index contributed by atoms with van der Waals surface area (Å²) in [5.41, 5.74) is 3.20. The summed E-state index contributed by atoms with van der Waals surface area (Å²) in [6.45, 7) is 4.41. The second-order valence-corrected chi connectivity index (χ2v) is 7.94. The van der Waals surface area contributed by atoms with Crippen molar-refractivity contribution >= 4 is 10.9 Å². The molecular weight excluding hydrogens is 370 g/mol. The van der Waals surface area contributed by atoms with Gasteiger partial charge in [0.1, 0.15) is 22.9 Å². The van der Waals surface area contributed by atoms with Crippen LogP contribution in [0.25, 0.3) is 10.9 Å². The van der Waals surface area contributed by atoms with Crippen LogP contribution in [0.15, 0.2) is 42.5 Å². The molecule has 0 amide bonds. The monoisotopic (exact) mass is 396 g/mol. The molecule has 152 valence electrons. The van der Waals surface area contributed by atoms with E-state index in [2.05, 4.69) is 16.0 Å². The first-order chi connectivity index (χ1) is 14.0. The topological polar surface area (TPSA) is 25.4 Å². The first-order valence-corrected chi connectivity index (χ1v) is 10.1. The number of halogens is 2. The van der Waals surface area contributed by atoms with E-state index in [9.17, 15) is 8.78 Å². The predicted octanol–water partition coefficient (Wildman–Crippen LogP) is 5.28. The summed E-state index contributed by atoms with van der Waals surface area (Å²) < 4.78 is 33.5. The lowest BCUT2D eigenvalue weighted by Crippen LogP contribution is -2.34. The van der Waals surface area contributed by atoms with Gasteiger partial charge in [0.05, 0.1) is 7.11 Å². The molecule has 0 N–H and O–H groups in total. The van der Waals surface area contributed by atoms with Gasteiger partial charge >= 0.3 is 0 Å². The van der Waals surface area contributed by atoms with Crippen LogP contribution in [0.1, 0.15) is 29.7 Å². The molecule has 3 nitrogen and oxygen atoms in total. The number of pyridine rings is 1. The number of para-hydroxylation sites is 1. The summed E-state index contributed by atoms with van der Waals surface area (Å²) in [4.78, 5) is 6.68. The number of benzene rings is 2. The lowest BCUT2D eigenvalue weighted by molar-refractivity contribution is 0.175. The van der Waals surface area contributed by atoms with Gasteiger partial charge in [0.15, 0.2) is 0 Å². The van der Waals surface area contributed by atoms with Crippen molar-refractivity contribution in [3.05, 3.63) is 70.9 Å². The molecule has 1 fully saturated rings. The Hall–Kier alpha value is -2.53. The van der Waals surface area contributed by atoms with Gasteiger partial charge in [-0.15, -0.1) is 0 Å². The summed E-state index contributed by atoms with van der Waals surface area (Å²) in [5.74, 6) is 0.609. The molecular formula is C24H26F2N2O. The molecule has 0 spiro atoms. The fourth-order valence-corrected chi connectivity index (χ4v) is 4.28. The summed E-state index contributed by atoms with van der Waals surface area (Å²) in [6.07, 6.45) is 3.03. The minimum absolute atomic E-state index is 0.216. The number of fused-ring (bicyclic) bond motifs is 1. The number of aromatic nitrogens is 1. The van der Waals surface area contributed by atoms with Crippen LogP contribution in [0.3, 0.4) is 0 Å². The molecule has 0 aliphatic carbocycles. The van der Waals surface area contributed by atoms with Crippen LogP contribution < -0.4 is 4.74 Å². The second kappa shape index (κ2) is 8.46. The van der Waals surface area contributed by atoms with Gasteiger partial charge in [-0.2, -0.15) is 0 Å². The highest BCUT2D eigenvalue weighted by Crippen LogP contribution is 2.28. The molecule has 3 aromatic rings. The van der Waals surface area contributed by atoms with Crippen molar-refractivity contribution in [3.8, 4) is 5.75 Å². The van der Waals surface area contributed by atoms with Crippen LogP contribution in [0.2, 0.25) is 0 Å². The van der Waals surface area contributed by atoms with Crippen LogP contribution in [0.4, 0.5) is 8.78 Å². The zero-order valence-electron chi connectivity index (χ0n) is 16.9. The van der Waals surface area contributed by atoms with Crippen LogP contribution in [-0.4, -0.2) is 30.1 Å². The lowest BCUT2D eigenvalue weighted by Gasteiger charge is -2.32. The van der Waals surface area contributed by atoms with E-state index in [0.717, 1.165) is 43.4 Å². The van der Waals surface area contributed by atoms with Crippen LogP contribution in [0.5, 0.6) is 5.75 Å². The minimum Gasteiger partial charge on any atom is -0.497 e. The van der Waals surface area contributed by atoms with Gasteiger partial charge in [-0.3, -0.25) is 9.88 Å². The van der Waals surface area contributed by atoms with E-state index < -0.39 is 0 Å². The van der Waals surface area contributed by atoms with Crippen molar-refractivity contribution < 1.29 is 13.5 Å². The number of hydrogen-bond acceptors (Lipinski definition) is 3. The maximum absolute atomic E-state index is 14.2. The molecule has 0 radical (unpaired) electrons. The van der Waals surface area contributed by atoms with Gasteiger partial charge < -0.3 is 4.74 Å². The number of aryl methyl sites for hydroxylation is 1. The van der Waals surface area contributed by atoms with Crippen molar-refractivity contribution in [1.29, 1.82) is 0 Å². The Bertz CT molecular complexity index is 1010. The van der Waals surface area contributed by atoms with Gasteiger partial charge in [0.25, 0.3) is 0 Å². The normalized spacial score (nSPS) is 15.7. The second-order valence-electron chi connectivity index (χ2n) is 7.94. The molecule has 0 atom stereocenters. The third kappa shape index (κ3) is 4.40. The molecule has 1 aromatic heterocycles. The summed E-state index contributed by atoms with van der Waals surface area (Å²) in [7, 11) is 1.54. The molecule has 2 aromatic carbocycles. The molecule has 0 unspecified atom stereocenters. The molecule has 1 saturated heterocycles. The Kier molecular flexibility index (Phi) is 5.76. The van der Waals surface area contributed by atoms with Crippen LogP contribution >= 0.6 is 0 Å². The third-order valence-electron chi connectivity index (χ3n) is 5.87. The average molecular weight is 396 g/mol. The lowest BCUT2D eigenvalue weighted by atomic mass is 9.88. The molecule has 0 bridgehead atoms. The molecule has 5 heteroatoms. The number of rotatable bonds is 5. The first kappa shape index (κ1) is 19.8. The van der Waals surface area contributed by atoms with E-state index in [4.69, 9.17) is 4.74 Å². The zero-order valence-corrected chi connectivity index (χ0v) is 16.9. The molecule has 1 aliphatic rings. The molecule has 4 rings (SSSR count). The Labute approximate surface area is 170 Å². The van der Waals surface area contributed by atoms with Crippen molar-refractivity contribution in [2.75, 3.05) is 20.2 Å². The Morgan fingerprint density at radius 3 is 2.55 bits per heavy atom.